The summed E-state index contributed by atoms with van der Waals surface area (Å²) in [6.45, 7) is 2.40. The van der Waals surface area contributed by atoms with E-state index in [9.17, 15) is 0 Å². The molecule has 1 N–H and O–H groups in total. The first-order valence-corrected chi connectivity index (χ1v) is 9.55. The predicted molar refractivity (Wildman–Crippen MR) is 113 cm³/mol. The Kier molecular flexibility index (Phi) is 6.65. The highest BCUT2D eigenvalue weighted by Crippen LogP contribution is 2.26. The molecule has 1 fully saturated rings. The Morgan fingerprint density at radius 1 is 1.00 bits per heavy atom. The van der Waals surface area contributed by atoms with Gasteiger partial charge in [-0.1, -0.05) is 48.5 Å². The molecular formula is C23H27ClN2. The van der Waals surface area contributed by atoms with Gasteiger partial charge in [-0.2, -0.15) is 0 Å². The van der Waals surface area contributed by atoms with E-state index in [1.807, 2.05) is 0 Å². The van der Waals surface area contributed by atoms with Gasteiger partial charge in [-0.25, -0.2) is 4.98 Å². The molecule has 26 heavy (non-hydrogen) atoms. The molecule has 3 heteroatoms. The van der Waals surface area contributed by atoms with Crippen molar-refractivity contribution in [3.05, 3.63) is 66.2 Å². The van der Waals surface area contributed by atoms with E-state index in [0.29, 0.717) is 0 Å². The van der Waals surface area contributed by atoms with Gasteiger partial charge in [0, 0.05) is 10.9 Å². The SMILES string of the molecule is Cl.c1ccc(-c2cc(CCCC3CCCNC3)c3ccccc3n2)cc1. The quantitative estimate of drug-likeness (QED) is 0.631. The van der Waals surface area contributed by atoms with Gasteiger partial charge in [0.25, 0.3) is 0 Å². The number of fused-ring (bicyclic) bond motifs is 1. The average molecular weight is 367 g/mol. The number of hydrogen-bond acceptors (Lipinski definition) is 2. The summed E-state index contributed by atoms with van der Waals surface area (Å²) in [5, 5.41) is 4.84. The number of hydrogen-bond donors (Lipinski definition) is 1. The molecule has 0 aliphatic carbocycles. The number of piperidine rings is 1. The fourth-order valence-corrected chi connectivity index (χ4v) is 3.96. The van der Waals surface area contributed by atoms with Gasteiger partial charge in [0.05, 0.1) is 11.2 Å². The summed E-state index contributed by atoms with van der Waals surface area (Å²) < 4.78 is 0. The highest BCUT2D eigenvalue weighted by molar-refractivity contribution is 5.85. The standard InChI is InChI=1S/C23H26N2.ClH/c1-2-10-19(11-3-1)23-16-20(21-13-4-5-14-22(21)25-23)12-6-8-18-9-7-15-24-17-18;/h1-5,10-11,13-14,16,18,24H,6-9,12,15,17H2;1H. The Morgan fingerprint density at radius 3 is 2.62 bits per heavy atom. The van der Waals surface area contributed by atoms with Crippen molar-refractivity contribution in [2.24, 2.45) is 5.92 Å². The normalized spacial score (nSPS) is 17.0. The number of pyridine rings is 1. The molecular weight excluding hydrogens is 340 g/mol. The number of nitrogens with zero attached hydrogens (tertiary/aromatic N) is 1. The Labute approximate surface area is 162 Å². The topological polar surface area (TPSA) is 24.9 Å². The minimum Gasteiger partial charge on any atom is -0.316 e. The maximum absolute atomic E-state index is 4.89. The van der Waals surface area contributed by atoms with Crippen LogP contribution in [0.2, 0.25) is 0 Å². The third-order valence-corrected chi connectivity index (χ3v) is 5.33. The first-order chi connectivity index (χ1) is 12.4. The second kappa shape index (κ2) is 9.16. The molecule has 1 aromatic heterocycles. The summed E-state index contributed by atoms with van der Waals surface area (Å²) in [5.74, 6) is 0.857. The second-order valence-electron chi connectivity index (χ2n) is 7.15. The summed E-state index contributed by atoms with van der Waals surface area (Å²) >= 11 is 0. The Bertz CT molecular complexity index is 826. The highest BCUT2D eigenvalue weighted by Gasteiger charge is 2.13. The third kappa shape index (κ3) is 4.44. The number of aromatic nitrogens is 1. The lowest BCUT2D eigenvalue weighted by Crippen LogP contribution is -2.29. The molecule has 2 aromatic carbocycles. The fraction of sp³-hybridized carbons (Fsp3) is 0.348. The molecule has 0 spiro atoms. The number of benzene rings is 2. The van der Waals surface area contributed by atoms with Crippen molar-refractivity contribution in [2.45, 2.75) is 32.1 Å². The van der Waals surface area contributed by atoms with Crippen LogP contribution in [0.25, 0.3) is 22.2 Å². The molecule has 2 nitrogen and oxygen atoms in total. The second-order valence-corrected chi connectivity index (χ2v) is 7.15. The molecule has 1 aliphatic rings. The summed E-state index contributed by atoms with van der Waals surface area (Å²) in [4.78, 5) is 4.89. The molecule has 1 atom stereocenters. The van der Waals surface area contributed by atoms with E-state index >= 15 is 0 Å². The molecule has 0 bridgehead atoms. The van der Waals surface area contributed by atoms with Crippen molar-refractivity contribution in [1.82, 2.24) is 10.3 Å². The van der Waals surface area contributed by atoms with Crippen molar-refractivity contribution in [3.63, 3.8) is 0 Å². The Morgan fingerprint density at radius 2 is 1.81 bits per heavy atom. The third-order valence-electron chi connectivity index (χ3n) is 5.33. The van der Waals surface area contributed by atoms with Gasteiger partial charge in [-0.3, -0.25) is 0 Å². The van der Waals surface area contributed by atoms with Crippen molar-refractivity contribution < 1.29 is 0 Å². The smallest absolute Gasteiger partial charge is 0.0712 e. The number of rotatable bonds is 5. The monoisotopic (exact) mass is 366 g/mol. The van der Waals surface area contributed by atoms with Crippen LogP contribution < -0.4 is 5.32 Å². The summed E-state index contributed by atoms with van der Waals surface area (Å²) in [7, 11) is 0. The molecule has 0 amide bonds. The molecule has 1 saturated heterocycles. The van der Waals surface area contributed by atoms with Crippen LogP contribution in [0.4, 0.5) is 0 Å². The van der Waals surface area contributed by atoms with E-state index in [2.05, 4.69) is 66.0 Å². The molecule has 2 heterocycles. The van der Waals surface area contributed by atoms with Crippen LogP contribution in [-0.2, 0) is 6.42 Å². The van der Waals surface area contributed by atoms with Gasteiger partial charge < -0.3 is 5.32 Å². The molecule has 3 aromatic rings. The van der Waals surface area contributed by atoms with Gasteiger partial charge >= 0.3 is 0 Å². The fourth-order valence-electron chi connectivity index (χ4n) is 3.96. The van der Waals surface area contributed by atoms with Crippen LogP contribution >= 0.6 is 12.4 Å². The lowest BCUT2D eigenvalue weighted by Gasteiger charge is -2.22. The minimum atomic E-state index is 0. The zero-order valence-electron chi connectivity index (χ0n) is 15.2. The molecule has 1 aliphatic heterocycles. The van der Waals surface area contributed by atoms with Crippen molar-refractivity contribution in [1.29, 1.82) is 0 Å². The zero-order valence-corrected chi connectivity index (χ0v) is 16.0. The van der Waals surface area contributed by atoms with Crippen molar-refractivity contribution >= 4 is 23.3 Å². The van der Waals surface area contributed by atoms with Crippen LogP contribution in [-0.4, -0.2) is 18.1 Å². The van der Waals surface area contributed by atoms with E-state index in [1.54, 1.807) is 0 Å². The van der Waals surface area contributed by atoms with Gasteiger partial charge in [0.2, 0.25) is 0 Å². The highest BCUT2D eigenvalue weighted by atomic mass is 35.5. The van der Waals surface area contributed by atoms with E-state index < -0.39 is 0 Å². The largest absolute Gasteiger partial charge is 0.316 e. The maximum atomic E-state index is 4.89. The van der Waals surface area contributed by atoms with Crippen molar-refractivity contribution in [3.8, 4) is 11.3 Å². The zero-order chi connectivity index (χ0) is 16.9. The van der Waals surface area contributed by atoms with Gasteiger partial charge in [-0.05, 0) is 68.8 Å². The van der Waals surface area contributed by atoms with Crippen LogP contribution in [0, 0.1) is 5.92 Å². The first-order valence-electron chi connectivity index (χ1n) is 9.55. The van der Waals surface area contributed by atoms with E-state index in [4.69, 9.17) is 4.98 Å². The molecule has 136 valence electrons. The maximum Gasteiger partial charge on any atom is 0.0712 e. The molecule has 0 saturated carbocycles. The number of para-hydroxylation sites is 1. The average Bonchev–Trinajstić information content (AvgIpc) is 2.69. The van der Waals surface area contributed by atoms with E-state index in [-0.39, 0.29) is 12.4 Å². The minimum absolute atomic E-state index is 0. The van der Waals surface area contributed by atoms with Crippen LogP contribution in [0.1, 0.15) is 31.2 Å². The van der Waals surface area contributed by atoms with E-state index in [1.165, 1.54) is 55.3 Å². The van der Waals surface area contributed by atoms with Crippen LogP contribution in [0.3, 0.4) is 0 Å². The lowest BCUT2D eigenvalue weighted by atomic mass is 9.92. The molecule has 4 rings (SSSR count). The summed E-state index contributed by atoms with van der Waals surface area (Å²) in [6, 6.07) is 21.4. The lowest BCUT2D eigenvalue weighted by molar-refractivity contribution is 0.351. The van der Waals surface area contributed by atoms with Crippen LogP contribution in [0.5, 0.6) is 0 Å². The number of halogens is 1. The first kappa shape index (κ1) is 18.9. The van der Waals surface area contributed by atoms with E-state index in [0.717, 1.165) is 23.5 Å². The predicted octanol–water partition coefficient (Wildman–Crippen LogP) is 5.65. The Balaban J connectivity index is 0.00000196. The number of nitrogens with one attached hydrogen (secondary N) is 1. The summed E-state index contributed by atoms with van der Waals surface area (Å²) in [6.07, 6.45) is 6.44. The molecule has 1 unspecified atom stereocenters. The van der Waals surface area contributed by atoms with Gasteiger partial charge in [0.1, 0.15) is 0 Å². The van der Waals surface area contributed by atoms with Crippen molar-refractivity contribution in [2.75, 3.05) is 13.1 Å². The number of aryl methyl sites for hydroxylation is 1. The Hall–Kier alpha value is -1.90. The van der Waals surface area contributed by atoms with Gasteiger partial charge in [-0.15, -0.1) is 12.4 Å². The van der Waals surface area contributed by atoms with Gasteiger partial charge in [0.15, 0.2) is 0 Å². The van der Waals surface area contributed by atoms with Crippen LogP contribution in [0.15, 0.2) is 60.7 Å². The summed E-state index contributed by atoms with van der Waals surface area (Å²) in [5.41, 5.74) is 4.84. The molecule has 0 radical (unpaired) electrons.